The van der Waals surface area contributed by atoms with Gasteiger partial charge in [-0.25, -0.2) is 19.7 Å². The molecular weight excluding hydrogens is 458 g/mol. The summed E-state index contributed by atoms with van der Waals surface area (Å²) in [6.07, 6.45) is 1.58. The van der Waals surface area contributed by atoms with E-state index in [2.05, 4.69) is 14.8 Å². The van der Waals surface area contributed by atoms with Crippen LogP contribution in [0.1, 0.15) is 17.3 Å². The minimum atomic E-state index is -0.405. The Morgan fingerprint density at radius 1 is 1.06 bits per heavy atom. The normalized spacial score (nSPS) is 14.0. The number of hydrogen-bond acceptors (Lipinski definition) is 8. The van der Waals surface area contributed by atoms with E-state index < -0.39 is 5.97 Å². The first kappa shape index (κ1) is 21.6. The number of anilines is 2. The number of esters is 1. The quantitative estimate of drug-likeness (QED) is 0.376. The lowest BCUT2D eigenvalue weighted by Gasteiger charge is -2.35. The van der Waals surface area contributed by atoms with Gasteiger partial charge in [0.15, 0.2) is 11.0 Å². The Morgan fingerprint density at radius 3 is 2.58 bits per heavy atom. The van der Waals surface area contributed by atoms with Crippen molar-refractivity contribution in [3.8, 4) is 11.4 Å². The van der Waals surface area contributed by atoms with Crippen LogP contribution in [0.2, 0.25) is 5.02 Å². The summed E-state index contributed by atoms with van der Waals surface area (Å²) in [7, 11) is 0. The summed E-state index contributed by atoms with van der Waals surface area (Å²) in [5.41, 5.74) is 2.25. The maximum absolute atomic E-state index is 12.6. The molecule has 1 aliphatic heterocycles. The average Bonchev–Trinajstić information content (AvgIpc) is 3.28. The van der Waals surface area contributed by atoms with Gasteiger partial charge >= 0.3 is 5.97 Å². The van der Waals surface area contributed by atoms with Gasteiger partial charge in [0, 0.05) is 43.0 Å². The van der Waals surface area contributed by atoms with Gasteiger partial charge in [-0.3, -0.25) is 0 Å². The second kappa shape index (κ2) is 9.33. The molecule has 2 aromatic carbocycles. The molecule has 1 fully saturated rings. The smallest absolute Gasteiger partial charge is 0.343 e. The average molecular weight is 480 g/mol. The van der Waals surface area contributed by atoms with Crippen molar-refractivity contribution in [1.29, 1.82) is 0 Å². The molecule has 5 rings (SSSR count). The van der Waals surface area contributed by atoms with Crippen molar-refractivity contribution in [3.05, 3.63) is 65.3 Å². The van der Waals surface area contributed by atoms with E-state index in [-0.39, 0.29) is 0 Å². The third kappa shape index (κ3) is 4.49. The number of nitrogens with zero attached hydrogens (tertiary/aromatic N) is 5. The number of fused-ring (bicyclic) bond motifs is 1. The number of piperazine rings is 1. The fourth-order valence-corrected chi connectivity index (χ4v) is 5.12. The van der Waals surface area contributed by atoms with Crippen LogP contribution >= 0.6 is 22.9 Å². The minimum absolute atomic E-state index is 0.300. The first-order valence-electron chi connectivity index (χ1n) is 10.8. The molecule has 168 valence electrons. The molecule has 0 saturated carbocycles. The number of halogens is 1. The number of carbonyl (C=O) groups excluding carboxylic acids is 1. The Labute approximate surface area is 200 Å². The first-order valence-corrected chi connectivity index (χ1v) is 12.0. The number of hydrogen-bond donors (Lipinski definition) is 0. The highest BCUT2D eigenvalue weighted by Gasteiger charge is 2.26. The summed E-state index contributed by atoms with van der Waals surface area (Å²) in [6.45, 7) is 5.03. The van der Waals surface area contributed by atoms with E-state index in [4.69, 9.17) is 26.3 Å². The van der Waals surface area contributed by atoms with Gasteiger partial charge in [-0.05, 0) is 25.1 Å². The highest BCUT2D eigenvalue weighted by Crippen LogP contribution is 2.32. The van der Waals surface area contributed by atoms with Crippen LogP contribution in [0.5, 0.6) is 0 Å². The maximum atomic E-state index is 12.6. The van der Waals surface area contributed by atoms with Gasteiger partial charge in [-0.1, -0.05) is 53.3 Å². The SMILES string of the molecule is CCOC(=O)c1cnc(-c2ccccc2)nc1N1CCN(c2nc3ccc(Cl)cc3s2)CC1. The lowest BCUT2D eigenvalue weighted by molar-refractivity contribution is 0.0526. The summed E-state index contributed by atoms with van der Waals surface area (Å²) < 4.78 is 6.34. The topological polar surface area (TPSA) is 71.5 Å². The Bertz CT molecular complexity index is 1290. The number of thiazole rings is 1. The van der Waals surface area contributed by atoms with Gasteiger partial charge in [0.25, 0.3) is 0 Å². The molecule has 0 aliphatic carbocycles. The molecule has 0 bridgehead atoms. The predicted octanol–water partition coefficient (Wildman–Crippen LogP) is 4.91. The molecule has 1 saturated heterocycles. The Hall–Kier alpha value is -3.23. The summed E-state index contributed by atoms with van der Waals surface area (Å²) in [6, 6.07) is 15.5. The van der Waals surface area contributed by atoms with Gasteiger partial charge in [0.05, 0.1) is 16.8 Å². The molecule has 0 atom stereocenters. The van der Waals surface area contributed by atoms with E-state index in [1.807, 2.05) is 48.5 Å². The van der Waals surface area contributed by atoms with E-state index in [1.54, 1.807) is 24.5 Å². The largest absolute Gasteiger partial charge is 0.462 e. The molecule has 7 nitrogen and oxygen atoms in total. The summed E-state index contributed by atoms with van der Waals surface area (Å²) in [5.74, 6) is 0.791. The predicted molar refractivity (Wildman–Crippen MR) is 132 cm³/mol. The number of rotatable bonds is 5. The van der Waals surface area contributed by atoms with Crippen LogP contribution in [-0.2, 0) is 4.74 Å². The molecule has 0 spiro atoms. The third-order valence-electron chi connectivity index (χ3n) is 5.48. The van der Waals surface area contributed by atoms with Crippen molar-refractivity contribution in [2.24, 2.45) is 0 Å². The van der Waals surface area contributed by atoms with Crippen molar-refractivity contribution < 1.29 is 9.53 Å². The molecule has 33 heavy (non-hydrogen) atoms. The summed E-state index contributed by atoms with van der Waals surface area (Å²) in [5, 5.41) is 1.69. The standard InChI is InChI=1S/C24H22ClN5O2S/c1-2-32-23(31)18-15-26-21(16-6-4-3-5-7-16)28-22(18)29-10-12-30(13-11-29)24-27-19-9-8-17(25)14-20(19)33-24/h3-9,14-15H,2,10-13H2,1H3. The number of aromatic nitrogens is 3. The zero-order valence-corrected chi connectivity index (χ0v) is 19.6. The lowest BCUT2D eigenvalue weighted by Crippen LogP contribution is -2.47. The van der Waals surface area contributed by atoms with Crippen molar-refractivity contribution in [2.45, 2.75) is 6.92 Å². The zero-order valence-electron chi connectivity index (χ0n) is 18.1. The van der Waals surface area contributed by atoms with Crippen molar-refractivity contribution in [2.75, 3.05) is 42.6 Å². The van der Waals surface area contributed by atoms with E-state index in [1.165, 1.54) is 0 Å². The molecular formula is C24H22ClN5O2S. The molecule has 9 heteroatoms. The van der Waals surface area contributed by atoms with E-state index in [9.17, 15) is 4.79 Å². The summed E-state index contributed by atoms with van der Waals surface area (Å²) >= 11 is 7.77. The van der Waals surface area contributed by atoms with Crippen LogP contribution in [0.15, 0.2) is 54.7 Å². The molecule has 0 amide bonds. The fourth-order valence-electron chi connectivity index (χ4n) is 3.82. The molecule has 2 aromatic heterocycles. The maximum Gasteiger partial charge on any atom is 0.343 e. The second-order valence-electron chi connectivity index (χ2n) is 7.60. The molecule has 0 unspecified atom stereocenters. The third-order valence-corrected chi connectivity index (χ3v) is 6.80. The number of benzene rings is 2. The van der Waals surface area contributed by atoms with Crippen LogP contribution in [0.25, 0.3) is 21.6 Å². The Morgan fingerprint density at radius 2 is 1.82 bits per heavy atom. The lowest BCUT2D eigenvalue weighted by atomic mass is 10.2. The van der Waals surface area contributed by atoms with Gasteiger partial charge in [-0.2, -0.15) is 0 Å². The highest BCUT2D eigenvalue weighted by atomic mass is 35.5. The van der Waals surface area contributed by atoms with Gasteiger partial charge < -0.3 is 14.5 Å². The van der Waals surface area contributed by atoms with Crippen LogP contribution in [-0.4, -0.2) is 53.7 Å². The first-order chi connectivity index (χ1) is 16.1. The van der Waals surface area contributed by atoms with Crippen LogP contribution in [0.4, 0.5) is 10.9 Å². The Balaban J connectivity index is 1.40. The highest BCUT2D eigenvalue weighted by molar-refractivity contribution is 7.22. The summed E-state index contributed by atoms with van der Waals surface area (Å²) in [4.78, 5) is 31.0. The second-order valence-corrected chi connectivity index (χ2v) is 9.05. The fraction of sp³-hybridized carbons (Fsp3) is 0.250. The monoisotopic (exact) mass is 479 g/mol. The van der Waals surface area contributed by atoms with Gasteiger partial charge in [0.1, 0.15) is 11.4 Å². The van der Waals surface area contributed by atoms with E-state index in [0.717, 1.165) is 34.0 Å². The zero-order chi connectivity index (χ0) is 22.8. The van der Waals surface area contributed by atoms with Crippen molar-refractivity contribution in [1.82, 2.24) is 15.0 Å². The molecule has 4 aromatic rings. The molecule has 0 radical (unpaired) electrons. The molecule has 0 N–H and O–H groups in total. The number of ether oxygens (including phenoxy) is 1. The Kier molecular flexibility index (Phi) is 6.11. The molecule has 1 aliphatic rings. The van der Waals surface area contributed by atoms with E-state index in [0.29, 0.717) is 41.9 Å². The van der Waals surface area contributed by atoms with Gasteiger partial charge in [0.2, 0.25) is 0 Å². The van der Waals surface area contributed by atoms with Crippen LogP contribution in [0, 0.1) is 0 Å². The van der Waals surface area contributed by atoms with Crippen LogP contribution in [0.3, 0.4) is 0 Å². The van der Waals surface area contributed by atoms with E-state index >= 15 is 0 Å². The van der Waals surface area contributed by atoms with Gasteiger partial charge in [-0.15, -0.1) is 0 Å². The number of carbonyl (C=O) groups is 1. The van der Waals surface area contributed by atoms with Crippen molar-refractivity contribution in [3.63, 3.8) is 0 Å². The van der Waals surface area contributed by atoms with Crippen molar-refractivity contribution >= 4 is 50.1 Å². The molecule has 3 heterocycles. The minimum Gasteiger partial charge on any atom is -0.462 e. The van der Waals surface area contributed by atoms with Crippen LogP contribution < -0.4 is 9.80 Å².